The molecule has 6 heteroatoms. The number of hydrogen-bond acceptors (Lipinski definition) is 5. The summed E-state index contributed by atoms with van der Waals surface area (Å²) in [7, 11) is 1.29. The number of carbonyl (C=O) groups is 1. The lowest BCUT2D eigenvalue weighted by Gasteiger charge is -2.10. The maximum Gasteiger partial charge on any atom is 0.167 e. The zero-order valence-electron chi connectivity index (χ0n) is 10.3. The lowest BCUT2D eigenvalue weighted by atomic mass is 10.1. The second kappa shape index (κ2) is 6.18. The van der Waals surface area contributed by atoms with Crippen LogP contribution in [0.25, 0.3) is 0 Å². The summed E-state index contributed by atoms with van der Waals surface area (Å²) in [6.45, 7) is 1.32. The van der Waals surface area contributed by atoms with Gasteiger partial charge in [0.2, 0.25) is 0 Å². The summed E-state index contributed by atoms with van der Waals surface area (Å²) in [6.07, 6.45) is 1.10. The van der Waals surface area contributed by atoms with Crippen molar-refractivity contribution in [2.75, 3.05) is 12.4 Å². The Morgan fingerprint density at radius 2 is 2.05 bits per heavy atom. The Bertz CT molecular complexity index is 608. The number of nitrogens with one attached hydrogen (secondary N) is 1. The van der Waals surface area contributed by atoms with Gasteiger partial charge in [0.05, 0.1) is 12.8 Å². The molecule has 0 atom stereocenters. The van der Waals surface area contributed by atoms with E-state index < -0.39 is 5.82 Å². The number of Topliss-reactive ketones (excluding diaryl/α,β-unsaturated/α-hetero) is 1. The van der Waals surface area contributed by atoms with Gasteiger partial charge >= 0.3 is 0 Å². The maximum absolute atomic E-state index is 13.6. The molecular formula is C13H10FN3O2. The molecule has 96 valence electrons. The monoisotopic (exact) mass is 259 g/mol. The highest BCUT2D eigenvalue weighted by molar-refractivity contribution is 6.00. The second-order valence-corrected chi connectivity index (χ2v) is 3.51. The Labute approximate surface area is 109 Å². The second-order valence-electron chi connectivity index (χ2n) is 3.51. The van der Waals surface area contributed by atoms with Crippen molar-refractivity contribution >= 4 is 11.5 Å². The van der Waals surface area contributed by atoms with Crippen LogP contribution in [-0.4, -0.2) is 12.9 Å². The van der Waals surface area contributed by atoms with Crippen molar-refractivity contribution in [3.8, 4) is 17.9 Å². The first kappa shape index (κ1) is 14.2. The number of ketones is 1. The van der Waals surface area contributed by atoms with Gasteiger partial charge in [0, 0.05) is 17.8 Å². The van der Waals surface area contributed by atoms with Crippen molar-refractivity contribution < 1.29 is 13.9 Å². The molecule has 0 saturated heterocycles. The fraction of sp³-hybridized carbons (Fsp3) is 0.154. The van der Waals surface area contributed by atoms with Crippen molar-refractivity contribution in [1.82, 2.24) is 0 Å². The van der Waals surface area contributed by atoms with Crippen molar-refractivity contribution in [1.29, 1.82) is 10.5 Å². The van der Waals surface area contributed by atoms with Crippen LogP contribution in [0.15, 0.2) is 23.9 Å². The van der Waals surface area contributed by atoms with Gasteiger partial charge in [-0.05, 0) is 13.0 Å². The fourth-order valence-corrected chi connectivity index (χ4v) is 1.36. The SMILES string of the molecule is COc1cc(C(C)=O)c(NC=C(C#N)C#N)cc1F. The fourth-order valence-electron chi connectivity index (χ4n) is 1.36. The molecule has 0 aliphatic carbocycles. The Hall–Kier alpha value is -2.86. The molecule has 1 N–H and O–H groups in total. The molecule has 1 aromatic carbocycles. The number of halogens is 1. The van der Waals surface area contributed by atoms with Crippen molar-refractivity contribution in [3.63, 3.8) is 0 Å². The molecule has 0 aromatic heterocycles. The lowest BCUT2D eigenvalue weighted by Crippen LogP contribution is -2.03. The molecular weight excluding hydrogens is 249 g/mol. The Kier molecular flexibility index (Phi) is 4.62. The van der Waals surface area contributed by atoms with E-state index in [1.165, 1.54) is 20.1 Å². The van der Waals surface area contributed by atoms with Crippen LogP contribution in [0.5, 0.6) is 5.75 Å². The van der Waals surface area contributed by atoms with Gasteiger partial charge in [-0.25, -0.2) is 4.39 Å². The average Bonchev–Trinajstić information content (AvgIpc) is 2.39. The topological polar surface area (TPSA) is 85.9 Å². The minimum Gasteiger partial charge on any atom is -0.494 e. The Balaban J connectivity index is 3.25. The third-order valence-electron chi connectivity index (χ3n) is 2.28. The number of nitrogens with zero attached hydrogens (tertiary/aromatic N) is 2. The third kappa shape index (κ3) is 3.30. The summed E-state index contributed by atoms with van der Waals surface area (Å²) in [5.41, 5.74) is 0.171. The Morgan fingerprint density at radius 1 is 1.42 bits per heavy atom. The highest BCUT2D eigenvalue weighted by Gasteiger charge is 2.13. The molecule has 0 unspecified atom stereocenters. The summed E-state index contributed by atoms with van der Waals surface area (Å²) in [4.78, 5) is 11.5. The first-order valence-corrected chi connectivity index (χ1v) is 5.18. The minimum atomic E-state index is -0.654. The first-order chi connectivity index (χ1) is 9.03. The minimum absolute atomic E-state index is 0.0551. The number of nitriles is 2. The van der Waals surface area contributed by atoms with E-state index in [1.54, 1.807) is 12.1 Å². The number of anilines is 1. The van der Waals surface area contributed by atoms with Crippen LogP contribution in [0.4, 0.5) is 10.1 Å². The molecule has 0 aliphatic rings. The first-order valence-electron chi connectivity index (χ1n) is 5.18. The van der Waals surface area contributed by atoms with Gasteiger partial charge in [-0.3, -0.25) is 4.79 Å². The normalized spacial score (nSPS) is 8.89. The van der Waals surface area contributed by atoms with Crippen molar-refractivity contribution in [2.24, 2.45) is 0 Å². The van der Waals surface area contributed by atoms with Gasteiger partial charge in [-0.2, -0.15) is 10.5 Å². The summed E-state index contributed by atoms with van der Waals surface area (Å²) in [5.74, 6) is -1.01. The molecule has 0 bridgehead atoms. The molecule has 0 heterocycles. The highest BCUT2D eigenvalue weighted by atomic mass is 19.1. The van der Waals surface area contributed by atoms with Crippen LogP contribution >= 0.6 is 0 Å². The van der Waals surface area contributed by atoms with E-state index in [0.29, 0.717) is 0 Å². The van der Waals surface area contributed by atoms with E-state index >= 15 is 0 Å². The molecule has 0 saturated carbocycles. The number of hydrogen-bond donors (Lipinski definition) is 1. The molecule has 0 amide bonds. The van der Waals surface area contributed by atoms with Crippen molar-refractivity contribution in [2.45, 2.75) is 6.92 Å². The zero-order valence-corrected chi connectivity index (χ0v) is 10.3. The number of rotatable bonds is 4. The maximum atomic E-state index is 13.6. The third-order valence-corrected chi connectivity index (χ3v) is 2.28. The largest absolute Gasteiger partial charge is 0.494 e. The Morgan fingerprint density at radius 3 is 2.53 bits per heavy atom. The standard InChI is InChI=1S/C13H10FN3O2/c1-8(18)10-3-13(19-2)11(14)4-12(10)17-7-9(5-15)6-16/h3-4,7,17H,1-2H3. The molecule has 0 aliphatic heterocycles. The molecule has 19 heavy (non-hydrogen) atoms. The zero-order chi connectivity index (χ0) is 14.4. The van der Waals surface area contributed by atoms with Gasteiger partial charge in [0.25, 0.3) is 0 Å². The average molecular weight is 259 g/mol. The number of allylic oxidation sites excluding steroid dienone is 1. The van der Waals surface area contributed by atoms with Gasteiger partial charge < -0.3 is 10.1 Å². The molecule has 0 spiro atoms. The predicted molar refractivity (Wildman–Crippen MR) is 65.9 cm³/mol. The van der Waals surface area contributed by atoms with E-state index in [0.717, 1.165) is 12.3 Å². The molecule has 0 radical (unpaired) electrons. The number of benzene rings is 1. The van der Waals surface area contributed by atoms with E-state index in [4.69, 9.17) is 15.3 Å². The van der Waals surface area contributed by atoms with Crippen LogP contribution in [0, 0.1) is 28.5 Å². The summed E-state index contributed by atoms with van der Waals surface area (Å²) >= 11 is 0. The van der Waals surface area contributed by atoms with E-state index in [9.17, 15) is 9.18 Å². The summed E-state index contributed by atoms with van der Waals surface area (Å²) in [6, 6.07) is 5.61. The number of methoxy groups -OCH3 is 1. The number of carbonyl (C=O) groups excluding carboxylic acids is 1. The molecule has 1 rings (SSSR count). The number of ether oxygens (including phenoxy) is 1. The highest BCUT2D eigenvalue weighted by Crippen LogP contribution is 2.26. The summed E-state index contributed by atoms with van der Waals surface area (Å²) in [5, 5.41) is 19.7. The quantitative estimate of drug-likeness (QED) is 0.662. The van der Waals surface area contributed by atoms with Crippen LogP contribution in [0.1, 0.15) is 17.3 Å². The van der Waals surface area contributed by atoms with Crippen molar-refractivity contribution in [3.05, 3.63) is 35.3 Å². The molecule has 5 nitrogen and oxygen atoms in total. The smallest absolute Gasteiger partial charge is 0.167 e. The van der Waals surface area contributed by atoms with E-state index in [-0.39, 0.29) is 28.4 Å². The van der Waals surface area contributed by atoms with Crippen LogP contribution in [0.2, 0.25) is 0 Å². The lowest BCUT2D eigenvalue weighted by molar-refractivity contribution is 0.101. The van der Waals surface area contributed by atoms with Gasteiger partial charge in [0.15, 0.2) is 17.3 Å². The van der Waals surface area contributed by atoms with Gasteiger partial charge in [-0.1, -0.05) is 0 Å². The van der Waals surface area contributed by atoms with Crippen LogP contribution in [-0.2, 0) is 0 Å². The van der Waals surface area contributed by atoms with Gasteiger partial charge in [-0.15, -0.1) is 0 Å². The van der Waals surface area contributed by atoms with E-state index in [2.05, 4.69) is 5.32 Å². The molecule has 1 aromatic rings. The predicted octanol–water partition coefficient (Wildman–Crippen LogP) is 2.38. The van der Waals surface area contributed by atoms with Crippen LogP contribution < -0.4 is 10.1 Å². The van der Waals surface area contributed by atoms with Crippen LogP contribution in [0.3, 0.4) is 0 Å². The molecule has 0 fully saturated rings. The van der Waals surface area contributed by atoms with Gasteiger partial charge in [0.1, 0.15) is 17.7 Å². The van der Waals surface area contributed by atoms with E-state index in [1.807, 2.05) is 0 Å². The summed E-state index contributed by atoms with van der Waals surface area (Å²) < 4.78 is 18.3.